The molecule has 0 fully saturated rings. The molecule has 0 amide bonds. The monoisotopic (exact) mass is 273 g/mol. The Labute approximate surface area is 98.8 Å². The van der Waals surface area contributed by atoms with E-state index in [-0.39, 0.29) is 0 Å². The third kappa shape index (κ3) is 3.64. The Bertz CT molecular complexity index is 278. The molecule has 1 rings (SSSR count). The van der Waals surface area contributed by atoms with Crippen LogP contribution in [0.25, 0.3) is 0 Å². The lowest BCUT2D eigenvalue weighted by Crippen LogP contribution is -2.21. The Kier molecular flexibility index (Phi) is 5.60. The molecule has 0 bridgehead atoms. The van der Waals surface area contributed by atoms with Gasteiger partial charge < -0.3 is 5.32 Å². The van der Waals surface area contributed by atoms with Crippen LogP contribution in [-0.4, -0.2) is 18.6 Å². The first-order valence-electron chi connectivity index (χ1n) is 4.72. The number of benzene rings is 1. The summed E-state index contributed by atoms with van der Waals surface area (Å²) in [7, 11) is 0. The zero-order chi connectivity index (χ0) is 10.4. The topological polar surface area (TPSA) is 12.0 Å². The molecular weight excluding hydrogens is 258 g/mol. The lowest BCUT2D eigenvalue weighted by atomic mass is 10.1. The van der Waals surface area contributed by atoms with Gasteiger partial charge in [0.05, 0.1) is 0 Å². The van der Waals surface area contributed by atoms with E-state index in [4.69, 9.17) is 0 Å². The Balaban J connectivity index is 2.51. The third-order valence-electron chi connectivity index (χ3n) is 2.13. The van der Waals surface area contributed by atoms with Crippen molar-refractivity contribution >= 4 is 27.7 Å². The van der Waals surface area contributed by atoms with Gasteiger partial charge in [-0.2, -0.15) is 11.8 Å². The summed E-state index contributed by atoms with van der Waals surface area (Å²) in [6.07, 6.45) is 2.13. The molecule has 1 aromatic carbocycles. The largest absolute Gasteiger partial charge is 0.309 e. The van der Waals surface area contributed by atoms with Crippen molar-refractivity contribution in [3.8, 4) is 0 Å². The molecule has 1 nitrogen and oxygen atoms in total. The smallest absolute Gasteiger partial charge is 0.0303 e. The van der Waals surface area contributed by atoms with Crippen LogP contribution in [0.1, 0.15) is 18.5 Å². The van der Waals surface area contributed by atoms with Crippen molar-refractivity contribution in [1.82, 2.24) is 5.32 Å². The van der Waals surface area contributed by atoms with E-state index < -0.39 is 0 Å². The molecule has 0 saturated carbocycles. The molecule has 0 aliphatic carbocycles. The maximum atomic E-state index is 3.56. The Morgan fingerprint density at radius 1 is 1.43 bits per heavy atom. The Morgan fingerprint density at radius 2 is 2.14 bits per heavy atom. The third-order valence-corrected chi connectivity index (χ3v) is 3.46. The highest BCUT2D eigenvalue weighted by Gasteiger charge is 2.06. The number of thioether (sulfide) groups is 1. The summed E-state index contributed by atoms with van der Waals surface area (Å²) in [5.41, 5.74) is 1.33. The van der Waals surface area contributed by atoms with E-state index in [9.17, 15) is 0 Å². The predicted molar refractivity (Wildman–Crippen MR) is 68.9 cm³/mol. The second-order valence-corrected chi connectivity index (χ2v) is 5.03. The van der Waals surface area contributed by atoms with Crippen LogP contribution in [0, 0.1) is 0 Å². The summed E-state index contributed by atoms with van der Waals surface area (Å²) < 4.78 is 1.18. The van der Waals surface area contributed by atoms with Gasteiger partial charge in [0, 0.05) is 22.8 Å². The minimum absolute atomic E-state index is 0.415. The lowest BCUT2D eigenvalue weighted by molar-refractivity contribution is 0.599. The standard InChI is InChI=1S/C11H16BrNS/c1-9(13-7-8-14-2)10-5-3-4-6-11(10)12/h3-6,9,13H,7-8H2,1-2H3. The van der Waals surface area contributed by atoms with Crippen LogP contribution in [0.15, 0.2) is 28.7 Å². The van der Waals surface area contributed by atoms with Gasteiger partial charge in [-0.3, -0.25) is 0 Å². The van der Waals surface area contributed by atoms with E-state index in [0.29, 0.717) is 6.04 Å². The molecule has 0 spiro atoms. The summed E-state index contributed by atoms with van der Waals surface area (Å²) in [5.74, 6) is 1.16. The fourth-order valence-electron chi connectivity index (χ4n) is 1.31. The van der Waals surface area contributed by atoms with Gasteiger partial charge in [-0.15, -0.1) is 0 Å². The Morgan fingerprint density at radius 3 is 2.79 bits per heavy atom. The van der Waals surface area contributed by atoms with Gasteiger partial charge in [0.25, 0.3) is 0 Å². The molecule has 1 aromatic rings. The van der Waals surface area contributed by atoms with Crippen LogP contribution in [0.4, 0.5) is 0 Å². The molecule has 78 valence electrons. The Hall–Kier alpha value is 0.01000. The van der Waals surface area contributed by atoms with Crippen LogP contribution in [0.5, 0.6) is 0 Å². The SMILES string of the molecule is CSCCNC(C)c1ccccc1Br. The van der Waals surface area contributed by atoms with Crippen LogP contribution in [0.2, 0.25) is 0 Å². The molecule has 0 saturated heterocycles. The highest BCUT2D eigenvalue weighted by atomic mass is 79.9. The predicted octanol–water partition coefficient (Wildman–Crippen LogP) is 3.46. The number of hydrogen-bond acceptors (Lipinski definition) is 2. The normalized spacial score (nSPS) is 12.8. The van der Waals surface area contributed by atoms with Crippen molar-refractivity contribution in [2.75, 3.05) is 18.6 Å². The van der Waals surface area contributed by atoms with Crippen LogP contribution in [-0.2, 0) is 0 Å². The van der Waals surface area contributed by atoms with E-state index in [0.717, 1.165) is 12.3 Å². The average Bonchev–Trinajstić information content (AvgIpc) is 2.18. The molecule has 1 N–H and O–H groups in total. The zero-order valence-electron chi connectivity index (χ0n) is 8.59. The van der Waals surface area contributed by atoms with Gasteiger partial charge in [-0.25, -0.2) is 0 Å². The quantitative estimate of drug-likeness (QED) is 0.825. The van der Waals surface area contributed by atoms with Gasteiger partial charge in [-0.1, -0.05) is 34.1 Å². The lowest BCUT2D eigenvalue weighted by Gasteiger charge is -2.15. The van der Waals surface area contributed by atoms with Gasteiger partial charge in [0.1, 0.15) is 0 Å². The molecule has 1 unspecified atom stereocenters. The first-order valence-corrected chi connectivity index (χ1v) is 6.91. The van der Waals surface area contributed by atoms with Crippen molar-refractivity contribution in [1.29, 1.82) is 0 Å². The molecule has 0 heterocycles. The van der Waals surface area contributed by atoms with E-state index in [1.54, 1.807) is 0 Å². The maximum absolute atomic E-state index is 3.56. The molecular formula is C11H16BrNS. The zero-order valence-corrected chi connectivity index (χ0v) is 11.0. The summed E-state index contributed by atoms with van der Waals surface area (Å²) in [6.45, 7) is 3.25. The summed E-state index contributed by atoms with van der Waals surface area (Å²) >= 11 is 5.43. The minimum atomic E-state index is 0.415. The van der Waals surface area contributed by atoms with Crippen LogP contribution < -0.4 is 5.32 Å². The van der Waals surface area contributed by atoms with Gasteiger partial charge in [0.2, 0.25) is 0 Å². The van der Waals surface area contributed by atoms with Crippen molar-refractivity contribution < 1.29 is 0 Å². The molecule has 0 aromatic heterocycles. The number of nitrogens with one attached hydrogen (secondary N) is 1. The van der Waals surface area contributed by atoms with Crippen molar-refractivity contribution in [3.63, 3.8) is 0 Å². The first-order chi connectivity index (χ1) is 6.75. The fourth-order valence-corrected chi connectivity index (χ4v) is 2.26. The highest BCUT2D eigenvalue weighted by molar-refractivity contribution is 9.10. The van der Waals surface area contributed by atoms with Crippen molar-refractivity contribution in [2.45, 2.75) is 13.0 Å². The maximum Gasteiger partial charge on any atom is 0.0303 e. The van der Waals surface area contributed by atoms with Crippen molar-refractivity contribution in [3.05, 3.63) is 34.3 Å². The fraction of sp³-hybridized carbons (Fsp3) is 0.455. The van der Waals surface area contributed by atoms with Crippen LogP contribution in [0.3, 0.4) is 0 Å². The van der Waals surface area contributed by atoms with Crippen molar-refractivity contribution in [2.24, 2.45) is 0 Å². The first kappa shape index (κ1) is 12.1. The van der Waals surface area contributed by atoms with E-state index >= 15 is 0 Å². The minimum Gasteiger partial charge on any atom is -0.309 e. The summed E-state index contributed by atoms with van der Waals surface area (Å²) in [4.78, 5) is 0. The van der Waals surface area contributed by atoms with E-state index in [1.165, 1.54) is 10.0 Å². The molecule has 0 radical (unpaired) electrons. The second kappa shape index (κ2) is 6.49. The van der Waals surface area contributed by atoms with Gasteiger partial charge in [-0.05, 0) is 24.8 Å². The molecule has 3 heteroatoms. The second-order valence-electron chi connectivity index (χ2n) is 3.19. The summed E-state index contributed by atoms with van der Waals surface area (Å²) in [5, 5.41) is 3.49. The molecule has 14 heavy (non-hydrogen) atoms. The number of hydrogen-bond donors (Lipinski definition) is 1. The number of rotatable bonds is 5. The summed E-state index contributed by atoms with van der Waals surface area (Å²) in [6, 6.07) is 8.77. The molecule has 0 aliphatic heterocycles. The highest BCUT2D eigenvalue weighted by Crippen LogP contribution is 2.22. The van der Waals surface area contributed by atoms with Gasteiger partial charge >= 0.3 is 0 Å². The van der Waals surface area contributed by atoms with Gasteiger partial charge in [0.15, 0.2) is 0 Å². The number of halogens is 1. The van der Waals surface area contributed by atoms with Crippen LogP contribution >= 0.6 is 27.7 Å². The van der Waals surface area contributed by atoms with E-state index in [2.05, 4.69) is 52.6 Å². The van der Waals surface area contributed by atoms with E-state index in [1.807, 2.05) is 17.8 Å². The molecule has 1 atom stereocenters. The average molecular weight is 274 g/mol. The molecule has 0 aliphatic rings.